The zero-order valence-electron chi connectivity index (χ0n) is 8.46. The van der Waals surface area contributed by atoms with E-state index in [-0.39, 0.29) is 5.56 Å². The number of nitrogens with one attached hydrogen (secondary N) is 1. The van der Waals surface area contributed by atoms with Gasteiger partial charge in [-0.1, -0.05) is 11.6 Å². The van der Waals surface area contributed by atoms with Crippen LogP contribution in [0.4, 0.5) is 5.69 Å². The van der Waals surface area contributed by atoms with Crippen LogP contribution in [0.25, 0.3) is 0 Å². The molecule has 86 valence electrons. The van der Waals surface area contributed by atoms with Crippen LogP contribution in [0, 0.1) is 0 Å². The van der Waals surface area contributed by atoms with Gasteiger partial charge in [-0.3, -0.25) is 9.59 Å². The number of alkyl halides is 1. The fourth-order valence-electron chi connectivity index (χ4n) is 1.01. The van der Waals surface area contributed by atoms with Crippen molar-refractivity contribution in [2.75, 3.05) is 5.32 Å². The lowest BCUT2D eigenvalue weighted by Crippen LogP contribution is -2.21. The summed E-state index contributed by atoms with van der Waals surface area (Å²) in [6.45, 7) is 1.53. The molecule has 0 spiro atoms. The summed E-state index contributed by atoms with van der Waals surface area (Å²) in [5.74, 6) is -0.990. The second-order valence-corrected chi connectivity index (χ2v) is 4.23. The fraction of sp³-hybridized carbons (Fsp3) is 0.200. The number of carbonyl (C=O) groups excluding carboxylic acids is 2. The Balaban J connectivity index is 2.99. The number of amides is 2. The van der Waals surface area contributed by atoms with Crippen molar-refractivity contribution >= 4 is 40.7 Å². The molecule has 2 amide bonds. The molecular weight excluding hydrogens is 251 g/mol. The third kappa shape index (κ3) is 3.12. The van der Waals surface area contributed by atoms with Gasteiger partial charge in [0, 0.05) is 5.56 Å². The Morgan fingerprint density at radius 1 is 1.44 bits per heavy atom. The molecule has 1 unspecified atom stereocenters. The largest absolute Gasteiger partial charge is 0.366 e. The number of halogens is 2. The zero-order valence-corrected chi connectivity index (χ0v) is 9.97. The minimum Gasteiger partial charge on any atom is -0.366 e. The van der Waals surface area contributed by atoms with E-state index in [1.165, 1.54) is 25.1 Å². The van der Waals surface area contributed by atoms with Gasteiger partial charge in [0.25, 0.3) is 0 Å². The Morgan fingerprint density at radius 3 is 2.56 bits per heavy atom. The molecule has 0 bridgehead atoms. The molecule has 0 heterocycles. The van der Waals surface area contributed by atoms with Crippen LogP contribution in [-0.4, -0.2) is 17.2 Å². The van der Waals surface area contributed by atoms with E-state index in [0.29, 0.717) is 10.7 Å². The number of carbonyl (C=O) groups is 2. The van der Waals surface area contributed by atoms with Crippen LogP contribution in [0.2, 0.25) is 5.02 Å². The fourth-order valence-corrected chi connectivity index (χ4v) is 1.23. The maximum atomic E-state index is 11.3. The highest BCUT2D eigenvalue weighted by atomic mass is 35.5. The van der Waals surface area contributed by atoms with Gasteiger partial charge in [-0.2, -0.15) is 0 Å². The number of hydrogen-bond acceptors (Lipinski definition) is 2. The van der Waals surface area contributed by atoms with Crippen LogP contribution in [0.3, 0.4) is 0 Å². The van der Waals surface area contributed by atoms with Gasteiger partial charge in [-0.25, -0.2) is 0 Å². The molecule has 0 saturated carbocycles. The quantitative estimate of drug-likeness (QED) is 0.817. The Morgan fingerprint density at radius 2 is 2.06 bits per heavy atom. The lowest BCUT2D eigenvalue weighted by molar-refractivity contribution is -0.115. The maximum Gasteiger partial charge on any atom is 0.248 e. The molecule has 0 aromatic heterocycles. The maximum absolute atomic E-state index is 11.3. The lowest BCUT2D eigenvalue weighted by Gasteiger charge is -2.09. The first-order valence-electron chi connectivity index (χ1n) is 4.46. The number of rotatable bonds is 3. The SMILES string of the molecule is CC(Cl)C(=O)Nc1cc(C(N)=O)ccc1Cl. The van der Waals surface area contributed by atoms with Crippen LogP contribution in [0.15, 0.2) is 18.2 Å². The molecule has 1 atom stereocenters. The first-order valence-corrected chi connectivity index (χ1v) is 5.27. The van der Waals surface area contributed by atoms with Gasteiger partial charge in [0.1, 0.15) is 5.38 Å². The third-order valence-electron chi connectivity index (χ3n) is 1.87. The van der Waals surface area contributed by atoms with Crippen molar-refractivity contribution in [2.45, 2.75) is 12.3 Å². The van der Waals surface area contributed by atoms with E-state index in [0.717, 1.165) is 0 Å². The van der Waals surface area contributed by atoms with Crippen molar-refractivity contribution in [1.29, 1.82) is 0 Å². The topological polar surface area (TPSA) is 72.2 Å². The molecule has 1 rings (SSSR count). The summed E-state index contributed by atoms with van der Waals surface area (Å²) < 4.78 is 0. The monoisotopic (exact) mass is 260 g/mol. The summed E-state index contributed by atoms with van der Waals surface area (Å²) in [6, 6.07) is 4.36. The van der Waals surface area contributed by atoms with E-state index < -0.39 is 17.2 Å². The van der Waals surface area contributed by atoms with Crippen LogP contribution in [0.1, 0.15) is 17.3 Å². The standard InChI is InChI=1S/C10H10Cl2N2O2/c1-5(11)10(16)14-8-4-6(9(13)15)2-3-7(8)12/h2-5H,1H3,(H2,13,15)(H,14,16). The van der Waals surface area contributed by atoms with E-state index >= 15 is 0 Å². The predicted octanol–water partition coefficient (Wildman–Crippen LogP) is 2.00. The summed E-state index contributed by atoms with van der Waals surface area (Å²) >= 11 is 11.4. The highest BCUT2D eigenvalue weighted by Crippen LogP contribution is 2.23. The van der Waals surface area contributed by atoms with Gasteiger partial charge >= 0.3 is 0 Å². The summed E-state index contributed by atoms with van der Waals surface area (Å²) in [7, 11) is 0. The molecule has 1 aromatic rings. The predicted molar refractivity (Wildman–Crippen MR) is 63.9 cm³/mol. The number of nitrogens with two attached hydrogens (primary N) is 1. The first-order chi connectivity index (χ1) is 7.41. The number of hydrogen-bond donors (Lipinski definition) is 2. The van der Waals surface area contributed by atoms with Crippen molar-refractivity contribution in [3.8, 4) is 0 Å². The van der Waals surface area contributed by atoms with E-state index in [9.17, 15) is 9.59 Å². The van der Waals surface area contributed by atoms with Gasteiger partial charge < -0.3 is 11.1 Å². The Bertz CT molecular complexity index is 433. The van der Waals surface area contributed by atoms with Crippen molar-refractivity contribution in [3.63, 3.8) is 0 Å². The highest BCUT2D eigenvalue weighted by molar-refractivity contribution is 6.35. The van der Waals surface area contributed by atoms with E-state index in [1.807, 2.05) is 0 Å². The molecule has 0 aliphatic carbocycles. The van der Waals surface area contributed by atoms with Crippen LogP contribution in [-0.2, 0) is 4.79 Å². The summed E-state index contributed by atoms with van der Waals surface area (Å²) in [5.41, 5.74) is 5.68. The molecule has 0 aliphatic heterocycles. The van der Waals surface area contributed by atoms with Gasteiger partial charge in [0.15, 0.2) is 0 Å². The summed E-state index contributed by atoms with van der Waals surface area (Å²) in [6.07, 6.45) is 0. The molecule has 3 N–H and O–H groups in total. The zero-order chi connectivity index (χ0) is 12.3. The summed E-state index contributed by atoms with van der Waals surface area (Å²) in [4.78, 5) is 22.3. The highest BCUT2D eigenvalue weighted by Gasteiger charge is 2.12. The Labute approximate surface area is 103 Å². The normalized spacial score (nSPS) is 11.9. The van der Waals surface area contributed by atoms with E-state index in [2.05, 4.69) is 5.32 Å². The van der Waals surface area contributed by atoms with E-state index in [1.54, 1.807) is 0 Å². The number of anilines is 1. The minimum absolute atomic E-state index is 0.266. The van der Waals surface area contributed by atoms with Crippen molar-refractivity contribution in [1.82, 2.24) is 0 Å². The second kappa shape index (κ2) is 5.18. The van der Waals surface area contributed by atoms with Crippen molar-refractivity contribution in [2.24, 2.45) is 5.73 Å². The summed E-state index contributed by atoms with van der Waals surface area (Å²) in [5, 5.41) is 2.12. The molecule has 6 heteroatoms. The molecule has 0 radical (unpaired) electrons. The number of primary amides is 1. The molecule has 4 nitrogen and oxygen atoms in total. The Kier molecular flexibility index (Phi) is 4.15. The first kappa shape index (κ1) is 12.8. The minimum atomic E-state index is -0.687. The molecule has 1 aromatic carbocycles. The van der Waals surface area contributed by atoms with Gasteiger partial charge in [0.2, 0.25) is 11.8 Å². The molecular formula is C10H10Cl2N2O2. The second-order valence-electron chi connectivity index (χ2n) is 3.16. The number of benzene rings is 1. The Hall–Kier alpha value is -1.26. The molecule has 0 fully saturated rings. The lowest BCUT2D eigenvalue weighted by atomic mass is 10.2. The van der Waals surface area contributed by atoms with Gasteiger partial charge in [-0.15, -0.1) is 11.6 Å². The average Bonchev–Trinajstić information content (AvgIpc) is 2.20. The van der Waals surface area contributed by atoms with Crippen molar-refractivity contribution in [3.05, 3.63) is 28.8 Å². The molecule has 16 heavy (non-hydrogen) atoms. The smallest absolute Gasteiger partial charge is 0.248 e. The van der Waals surface area contributed by atoms with E-state index in [4.69, 9.17) is 28.9 Å². The van der Waals surface area contributed by atoms with Crippen LogP contribution in [0.5, 0.6) is 0 Å². The van der Waals surface area contributed by atoms with Crippen LogP contribution >= 0.6 is 23.2 Å². The third-order valence-corrected chi connectivity index (χ3v) is 2.40. The van der Waals surface area contributed by atoms with Crippen molar-refractivity contribution < 1.29 is 9.59 Å². The molecule has 0 aliphatic rings. The van der Waals surface area contributed by atoms with Crippen LogP contribution < -0.4 is 11.1 Å². The van der Waals surface area contributed by atoms with Gasteiger partial charge in [-0.05, 0) is 25.1 Å². The van der Waals surface area contributed by atoms with Gasteiger partial charge in [0.05, 0.1) is 10.7 Å². The average molecular weight is 261 g/mol. The molecule has 0 saturated heterocycles.